The maximum Gasteiger partial charge on any atom is 0.161 e. The average Bonchev–Trinajstić information content (AvgIpc) is 0.931. The Morgan fingerprint density at radius 3 is 0.970 bits per heavy atom. The molecule has 12 nitrogen and oxygen atoms in total. The molecule has 0 fully saturated rings. The Bertz CT molecular complexity index is 2850. The van der Waals surface area contributed by atoms with E-state index in [0.29, 0.717) is 50.1 Å². The zero-order valence-electron chi connectivity index (χ0n) is 65.8. The smallest absolute Gasteiger partial charge is 0.161 e. The van der Waals surface area contributed by atoms with E-state index in [0.717, 1.165) is 129 Å². The van der Waals surface area contributed by atoms with Gasteiger partial charge in [-0.15, -0.1) is 0 Å². The molecule has 0 N–H and O–H groups in total. The molecule has 0 heterocycles. The Morgan fingerprint density at radius 2 is 0.566 bits per heavy atom. The Hall–Kier alpha value is -6.76. The molecule has 0 bridgehead atoms. The fraction of sp³-hybridized carbons (Fsp3) is 0.586. The molecule has 558 valence electrons. The summed E-state index contributed by atoms with van der Waals surface area (Å²) in [6.07, 6.45) is 20.0. The van der Waals surface area contributed by atoms with Gasteiger partial charge in [0.25, 0.3) is 0 Å². The second kappa shape index (κ2) is 59.0. The van der Waals surface area contributed by atoms with E-state index in [2.05, 4.69) is 153 Å². The van der Waals surface area contributed by atoms with Crippen molar-refractivity contribution in [3.8, 4) is 57.5 Å². The maximum absolute atomic E-state index is 5.92. The normalized spacial score (nSPS) is 11.1. The number of benzene rings is 6. The van der Waals surface area contributed by atoms with Crippen LogP contribution >= 0.6 is 0 Å². The zero-order valence-corrected chi connectivity index (χ0v) is 65.8. The lowest BCUT2D eigenvalue weighted by Gasteiger charge is -2.17. The van der Waals surface area contributed by atoms with E-state index in [-0.39, 0.29) is 0 Å². The summed E-state index contributed by atoms with van der Waals surface area (Å²) in [6.45, 7) is 44.2. The second-order valence-electron chi connectivity index (χ2n) is 26.8. The summed E-state index contributed by atoms with van der Waals surface area (Å²) in [5.41, 5.74) is 7.31. The highest BCUT2D eigenvalue weighted by atomic mass is 16.5. The van der Waals surface area contributed by atoms with Crippen LogP contribution in [0.25, 0.3) is 0 Å². The minimum Gasteiger partial charge on any atom is -0.494 e. The summed E-state index contributed by atoms with van der Waals surface area (Å²) in [7, 11) is 4.93. The van der Waals surface area contributed by atoms with Crippen LogP contribution < -0.4 is 47.4 Å². The molecule has 99 heavy (non-hydrogen) atoms. The first-order chi connectivity index (χ1) is 47.7. The van der Waals surface area contributed by atoms with Crippen LogP contribution in [-0.2, 0) is 9.47 Å². The number of rotatable bonds is 43. The van der Waals surface area contributed by atoms with E-state index in [9.17, 15) is 0 Å². The Morgan fingerprint density at radius 1 is 0.263 bits per heavy atom. The Labute approximate surface area is 604 Å². The van der Waals surface area contributed by atoms with Gasteiger partial charge in [-0.2, -0.15) is 0 Å². The summed E-state index contributed by atoms with van der Waals surface area (Å²) in [5, 5.41) is 0. The number of hydrogen-bond donors (Lipinski definition) is 0. The molecule has 12 heteroatoms. The van der Waals surface area contributed by atoms with Crippen molar-refractivity contribution in [2.24, 2.45) is 23.7 Å². The number of hydrogen-bond acceptors (Lipinski definition) is 12. The van der Waals surface area contributed by atoms with Gasteiger partial charge in [-0.1, -0.05) is 219 Å². The van der Waals surface area contributed by atoms with Crippen LogP contribution in [0.15, 0.2) is 121 Å². The number of aryl methyl sites for hydroxylation is 6. The van der Waals surface area contributed by atoms with Crippen LogP contribution in [0.3, 0.4) is 0 Å². The van der Waals surface area contributed by atoms with Crippen LogP contribution in [0.2, 0.25) is 0 Å². The molecule has 0 amide bonds. The molecule has 2 unspecified atom stereocenters. The van der Waals surface area contributed by atoms with E-state index in [4.69, 9.17) is 56.8 Å². The highest BCUT2D eigenvalue weighted by molar-refractivity contribution is 5.45. The maximum atomic E-state index is 5.92. The first-order valence-corrected chi connectivity index (χ1v) is 37.5. The van der Waals surface area contributed by atoms with Crippen LogP contribution in [0.5, 0.6) is 57.5 Å². The van der Waals surface area contributed by atoms with Crippen LogP contribution in [0.1, 0.15) is 212 Å². The van der Waals surface area contributed by atoms with Gasteiger partial charge in [0.1, 0.15) is 18.1 Å². The fourth-order valence-corrected chi connectivity index (χ4v) is 8.92. The molecule has 6 aromatic carbocycles. The molecule has 0 saturated heterocycles. The van der Waals surface area contributed by atoms with Gasteiger partial charge in [-0.3, -0.25) is 0 Å². The molecular weight excluding hydrogens is 1240 g/mol. The molecule has 0 saturated carbocycles. The van der Waals surface area contributed by atoms with Gasteiger partial charge < -0.3 is 56.8 Å². The lowest BCUT2D eigenvalue weighted by atomic mass is 10.1. The molecule has 0 aromatic heterocycles. The molecule has 0 aliphatic heterocycles. The van der Waals surface area contributed by atoms with Crippen molar-refractivity contribution < 1.29 is 56.8 Å². The SMILES string of the molecule is CCC(C)COc1ccc(C)cc1OCC(C)CC.CCCCCCCCOc1ccc(C)cc1.CCCCCCOc1ccc(C)cc1OCCCCCC.COCCOCCOc1ccc(C)cc1.COc1ccc(C)cc1OC.Cc1ccc(OCC(C)C)c(OCC(C)C)c1. The van der Waals surface area contributed by atoms with Crippen molar-refractivity contribution in [3.63, 3.8) is 0 Å². The minimum absolute atomic E-state index is 0.522. The van der Waals surface area contributed by atoms with Gasteiger partial charge in [0.05, 0.1) is 80.3 Å². The van der Waals surface area contributed by atoms with Crippen molar-refractivity contribution >= 4 is 0 Å². The van der Waals surface area contributed by atoms with Gasteiger partial charge in [-0.05, 0) is 180 Å². The summed E-state index contributed by atoms with van der Waals surface area (Å²) in [6, 6.07) is 40.5. The van der Waals surface area contributed by atoms with Crippen molar-refractivity contribution in [3.05, 3.63) is 155 Å². The van der Waals surface area contributed by atoms with Crippen molar-refractivity contribution in [1.82, 2.24) is 0 Å². The van der Waals surface area contributed by atoms with Gasteiger partial charge >= 0.3 is 0 Å². The third-order valence-electron chi connectivity index (χ3n) is 15.7. The average molecular weight is 1380 g/mol. The monoisotopic (exact) mass is 1380 g/mol. The molecule has 0 radical (unpaired) electrons. The van der Waals surface area contributed by atoms with Crippen molar-refractivity contribution in [2.45, 2.75) is 220 Å². The largest absolute Gasteiger partial charge is 0.494 e. The fourth-order valence-electron chi connectivity index (χ4n) is 8.92. The molecule has 2 atom stereocenters. The lowest BCUT2D eigenvalue weighted by Crippen LogP contribution is -2.11. The summed E-state index contributed by atoms with van der Waals surface area (Å²) < 4.78 is 66.6. The van der Waals surface area contributed by atoms with Crippen molar-refractivity contribution in [1.29, 1.82) is 0 Å². The van der Waals surface area contributed by atoms with Gasteiger partial charge in [-0.25, -0.2) is 0 Å². The molecule has 0 aliphatic rings. The standard InChI is InChI=1S/C19H32O2.C17H28O2.C15H24O2.C15H24O.C12H18O3.C9H12O2/c1-4-6-8-10-14-20-18-13-12-17(3)16-19(18)21-15-11-9-7-5-2;1-6-13(3)11-18-16-9-8-15(5)10-17(16)19-12-14(4)7-2;1-11(2)9-16-14-7-6-13(5)8-15(14)17-10-12(3)4;1-3-4-5-6-7-8-13-16-15-11-9-14(2)10-12-15;1-11-3-5-12(6-4-11)15-10-9-14-8-7-13-2;1-7-4-5-8(10-2)9(6-7)11-3/h12-13,16H,4-11,14-15H2,1-3H3;8-10,13-14H,6-7,11-12H2,1-5H3;6-8,11-12H,9-10H2,1-5H3;9-12H,3-8,13H2,1-2H3;3-6H,7-10H2,1-2H3;4-6H,1-3H3. The van der Waals surface area contributed by atoms with E-state index >= 15 is 0 Å². The highest BCUT2D eigenvalue weighted by Crippen LogP contribution is 2.32. The third-order valence-corrected chi connectivity index (χ3v) is 15.7. The molecule has 6 rings (SSSR count). The van der Waals surface area contributed by atoms with E-state index in [1.807, 2.05) is 85.8 Å². The molecule has 0 aliphatic carbocycles. The number of unbranched alkanes of at least 4 members (excludes halogenated alkanes) is 11. The number of ether oxygens (including phenoxy) is 12. The zero-order chi connectivity index (χ0) is 73.3. The summed E-state index contributed by atoms with van der Waals surface area (Å²) >= 11 is 0. The first kappa shape index (κ1) is 90.3. The summed E-state index contributed by atoms with van der Waals surface area (Å²) in [5.74, 6) is 10.9. The molecule has 6 aromatic rings. The number of methoxy groups -OCH3 is 3. The van der Waals surface area contributed by atoms with Crippen molar-refractivity contribution in [2.75, 3.05) is 94.0 Å². The molecular formula is C87H138O12. The Balaban J connectivity index is 0.000000599. The molecule has 0 spiro atoms. The van der Waals surface area contributed by atoms with Gasteiger partial charge in [0.2, 0.25) is 0 Å². The quantitative estimate of drug-likeness (QED) is 0.0340. The third kappa shape index (κ3) is 47.1. The predicted molar refractivity (Wildman–Crippen MR) is 417 cm³/mol. The van der Waals surface area contributed by atoms with Crippen LogP contribution in [-0.4, -0.2) is 94.0 Å². The first-order valence-electron chi connectivity index (χ1n) is 37.5. The lowest BCUT2D eigenvalue weighted by molar-refractivity contribution is 0.0544. The van der Waals surface area contributed by atoms with E-state index < -0.39 is 0 Å². The van der Waals surface area contributed by atoms with E-state index in [1.54, 1.807) is 21.3 Å². The topological polar surface area (TPSA) is 111 Å². The van der Waals surface area contributed by atoms with Gasteiger partial charge in [0.15, 0.2) is 46.0 Å². The predicted octanol–water partition coefficient (Wildman–Crippen LogP) is 23.6. The highest BCUT2D eigenvalue weighted by Gasteiger charge is 2.12. The Kier molecular flexibility index (Phi) is 53.8. The summed E-state index contributed by atoms with van der Waals surface area (Å²) in [4.78, 5) is 0. The van der Waals surface area contributed by atoms with E-state index in [1.165, 1.54) is 110 Å². The van der Waals surface area contributed by atoms with Gasteiger partial charge in [0, 0.05) is 7.11 Å². The van der Waals surface area contributed by atoms with Crippen LogP contribution in [0.4, 0.5) is 0 Å². The second-order valence-corrected chi connectivity index (χ2v) is 26.8. The minimum atomic E-state index is 0.522. The van der Waals surface area contributed by atoms with Crippen LogP contribution in [0, 0.1) is 65.2 Å².